The monoisotopic (exact) mass is 352 g/mol. The first kappa shape index (κ1) is 17.1. The van der Waals surface area contributed by atoms with E-state index in [1.165, 1.54) is 5.56 Å². The van der Waals surface area contributed by atoms with Gasteiger partial charge in [0.25, 0.3) is 0 Å². The Hall–Kier alpha value is -2.73. The zero-order chi connectivity index (χ0) is 17.5. The minimum absolute atomic E-state index is 0.480. The third kappa shape index (κ3) is 4.42. The molecule has 0 amide bonds. The van der Waals surface area contributed by atoms with Crippen molar-refractivity contribution >= 4 is 18.4 Å². The maximum Gasteiger partial charge on any atom is 0.216 e. The lowest BCUT2D eigenvalue weighted by Gasteiger charge is -2.06. The number of aryl methyl sites for hydroxylation is 2. The molecule has 1 aromatic heterocycles. The number of nitrogens with one attached hydrogen (secondary N) is 1. The molecule has 2 aromatic carbocycles. The van der Waals surface area contributed by atoms with E-state index in [-0.39, 0.29) is 0 Å². The molecular formula is C19H20N4OS. The lowest BCUT2D eigenvalue weighted by Crippen LogP contribution is -2.02. The number of aromatic nitrogens is 3. The van der Waals surface area contributed by atoms with Gasteiger partial charge in [-0.25, -0.2) is 0 Å². The Morgan fingerprint density at radius 2 is 1.88 bits per heavy atom. The van der Waals surface area contributed by atoms with Crippen molar-refractivity contribution in [2.45, 2.75) is 19.8 Å². The molecule has 0 fully saturated rings. The van der Waals surface area contributed by atoms with Crippen LogP contribution in [0, 0.1) is 4.77 Å². The molecule has 0 unspecified atom stereocenters. The second kappa shape index (κ2) is 8.39. The largest absolute Gasteiger partial charge is 0.493 e. The number of ether oxygens (including phenoxy) is 1. The van der Waals surface area contributed by atoms with Crippen LogP contribution >= 0.6 is 12.2 Å². The fourth-order valence-electron chi connectivity index (χ4n) is 2.50. The number of H-pyrrole nitrogens is 1. The normalized spacial score (nSPS) is 11.1. The second-order valence-corrected chi connectivity index (χ2v) is 5.84. The highest BCUT2D eigenvalue weighted by atomic mass is 32.1. The van der Waals surface area contributed by atoms with Gasteiger partial charge in [-0.05, 0) is 43.3 Å². The summed E-state index contributed by atoms with van der Waals surface area (Å²) in [6.07, 6.45) is 3.38. The molecule has 3 rings (SSSR count). The standard InChI is InChI=1S/C19H20N4OS/c1-2-24-17-11-7-6-10-16(17)14-20-23-18(21-22-19(23)25)13-12-15-8-4-3-5-9-15/h3-11,14H,2,12-13H2,1H3,(H,22,25)/b20-14-. The first-order valence-corrected chi connectivity index (χ1v) is 8.65. The highest BCUT2D eigenvalue weighted by Gasteiger charge is 2.06. The molecule has 1 N–H and O–H groups in total. The van der Waals surface area contributed by atoms with E-state index in [9.17, 15) is 0 Å². The number of benzene rings is 2. The molecular weight excluding hydrogens is 332 g/mol. The molecule has 0 atom stereocenters. The van der Waals surface area contributed by atoms with Crippen molar-refractivity contribution in [2.24, 2.45) is 5.10 Å². The summed E-state index contributed by atoms with van der Waals surface area (Å²) in [4.78, 5) is 0. The van der Waals surface area contributed by atoms with E-state index in [1.54, 1.807) is 10.9 Å². The van der Waals surface area contributed by atoms with Crippen molar-refractivity contribution in [3.8, 4) is 5.75 Å². The predicted molar refractivity (Wildman–Crippen MR) is 102 cm³/mol. The Morgan fingerprint density at radius 3 is 2.68 bits per heavy atom. The van der Waals surface area contributed by atoms with Crippen LogP contribution in [-0.4, -0.2) is 27.7 Å². The molecule has 128 valence electrons. The van der Waals surface area contributed by atoms with Crippen LogP contribution in [0.25, 0.3) is 0 Å². The molecule has 3 aromatic rings. The number of hydrogen-bond donors (Lipinski definition) is 1. The van der Waals surface area contributed by atoms with Gasteiger partial charge in [-0.2, -0.15) is 14.9 Å². The molecule has 0 saturated carbocycles. The van der Waals surface area contributed by atoms with Crippen molar-refractivity contribution in [3.63, 3.8) is 0 Å². The van der Waals surface area contributed by atoms with Crippen LogP contribution in [0.5, 0.6) is 5.75 Å². The third-order valence-electron chi connectivity index (χ3n) is 3.73. The summed E-state index contributed by atoms with van der Waals surface area (Å²) < 4.78 is 7.77. The van der Waals surface area contributed by atoms with Gasteiger partial charge in [0.15, 0.2) is 5.82 Å². The van der Waals surface area contributed by atoms with Gasteiger partial charge in [0.2, 0.25) is 4.77 Å². The first-order chi connectivity index (χ1) is 12.3. The fourth-order valence-corrected chi connectivity index (χ4v) is 2.70. The van der Waals surface area contributed by atoms with Gasteiger partial charge in [0, 0.05) is 12.0 Å². The molecule has 25 heavy (non-hydrogen) atoms. The van der Waals surface area contributed by atoms with Gasteiger partial charge < -0.3 is 4.74 Å². The van der Waals surface area contributed by atoms with Crippen LogP contribution in [0.2, 0.25) is 0 Å². The van der Waals surface area contributed by atoms with E-state index in [4.69, 9.17) is 17.0 Å². The Kier molecular flexibility index (Phi) is 5.74. The van der Waals surface area contributed by atoms with E-state index in [1.807, 2.05) is 49.4 Å². The maximum absolute atomic E-state index is 5.62. The minimum Gasteiger partial charge on any atom is -0.493 e. The van der Waals surface area contributed by atoms with Crippen LogP contribution in [0.1, 0.15) is 23.9 Å². The van der Waals surface area contributed by atoms with Crippen molar-refractivity contribution in [1.82, 2.24) is 14.9 Å². The smallest absolute Gasteiger partial charge is 0.216 e. The fraction of sp³-hybridized carbons (Fsp3) is 0.211. The van der Waals surface area contributed by atoms with Crippen LogP contribution in [-0.2, 0) is 12.8 Å². The van der Waals surface area contributed by atoms with Gasteiger partial charge in [-0.15, -0.1) is 0 Å². The van der Waals surface area contributed by atoms with E-state index in [0.29, 0.717) is 11.4 Å². The topological polar surface area (TPSA) is 55.2 Å². The average molecular weight is 352 g/mol. The van der Waals surface area contributed by atoms with Gasteiger partial charge in [-0.3, -0.25) is 5.10 Å². The zero-order valence-electron chi connectivity index (χ0n) is 14.1. The number of para-hydroxylation sites is 1. The second-order valence-electron chi connectivity index (χ2n) is 5.46. The molecule has 1 heterocycles. The molecule has 5 nitrogen and oxygen atoms in total. The number of hydrogen-bond acceptors (Lipinski definition) is 4. The third-order valence-corrected chi connectivity index (χ3v) is 3.99. The average Bonchev–Trinajstić information content (AvgIpc) is 3.00. The van der Waals surface area contributed by atoms with Gasteiger partial charge in [-0.1, -0.05) is 42.5 Å². The number of nitrogens with zero attached hydrogens (tertiary/aromatic N) is 3. The summed E-state index contributed by atoms with van der Waals surface area (Å²) in [5.74, 6) is 1.61. The maximum atomic E-state index is 5.62. The quantitative estimate of drug-likeness (QED) is 0.516. The molecule has 6 heteroatoms. The van der Waals surface area contributed by atoms with Crippen LogP contribution in [0.4, 0.5) is 0 Å². The van der Waals surface area contributed by atoms with Crippen molar-refractivity contribution in [3.05, 3.63) is 76.3 Å². The molecule has 0 aliphatic rings. The highest BCUT2D eigenvalue weighted by molar-refractivity contribution is 7.71. The van der Waals surface area contributed by atoms with E-state index >= 15 is 0 Å². The van der Waals surface area contributed by atoms with Gasteiger partial charge in [0.05, 0.1) is 12.8 Å². The summed E-state index contributed by atoms with van der Waals surface area (Å²) in [6.45, 7) is 2.57. The van der Waals surface area contributed by atoms with Crippen molar-refractivity contribution < 1.29 is 4.74 Å². The Bertz CT molecular complexity index is 899. The van der Waals surface area contributed by atoms with Crippen LogP contribution in [0.15, 0.2) is 59.7 Å². The molecule has 0 spiro atoms. The molecule has 0 radical (unpaired) electrons. The molecule has 0 aliphatic carbocycles. The lowest BCUT2D eigenvalue weighted by atomic mass is 10.1. The van der Waals surface area contributed by atoms with Gasteiger partial charge in [0.1, 0.15) is 5.75 Å². The van der Waals surface area contributed by atoms with E-state index in [0.717, 1.165) is 30.0 Å². The number of aromatic amines is 1. The van der Waals surface area contributed by atoms with Crippen molar-refractivity contribution in [1.29, 1.82) is 0 Å². The Morgan fingerprint density at radius 1 is 1.12 bits per heavy atom. The predicted octanol–water partition coefficient (Wildman–Crippen LogP) is 4.01. The van der Waals surface area contributed by atoms with E-state index < -0.39 is 0 Å². The summed E-state index contributed by atoms with van der Waals surface area (Å²) in [7, 11) is 0. The van der Waals surface area contributed by atoms with Crippen LogP contribution < -0.4 is 4.74 Å². The first-order valence-electron chi connectivity index (χ1n) is 8.24. The molecule has 0 saturated heterocycles. The minimum atomic E-state index is 0.480. The zero-order valence-corrected chi connectivity index (χ0v) is 14.9. The molecule has 0 aliphatic heterocycles. The Balaban J connectivity index is 1.79. The summed E-state index contributed by atoms with van der Waals surface area (Å²) in [6, 6.07) is 18.1. The molecule has 0 bridgehead atoms. The Labute approximate surface area is 152 Å². The SMILES string of the molecule is CCOc1ccccc1/C=N\n1c(CCc2ccccc2)n[nH]c1=S. The lowest BCUT2D eigenvalue weighted by molar-refractivity contribution is 0.340. The number of rotatable bonds is 7. The van der Waals surface area contributed by atoms with Crippen LogP contribution in [0.3, 0.4) is 0 Å². The summed E-state index contributed by atoms with van der Waals surface area (Å²) in [5.41, 5.74) is 2.16. The van der Waals surface area contributed by atoms with E-state index in [2.05, 4.69) is 27.4 Å². The summed E-state index contributed by atoms with van der Waals surface area (Å²) in [5, 5.41) is 11.6. The highest BCUT2D eigenvalue weighted by Crippen LogP contribution is 2.16. The summed E-state index contributed by atoms with van der Waals surface area (Å²) >= 11 is 5.30. The van der Waals surface area contributed by atoms with Gasteiger partial charge >= 0.3 is 0 Å². The van der Waals surface area contributed by atoms with Crippen molar-refractivity contribution in [2.75, 3.05) is 6.61 Å².